The molecule has 0 aromatic heterocycles. The number of nitrogens with zero attached hydrogens (tertiary/aromatic N) is 2. The SMILES string of the molecule is CC(CCN1CCCCC1)N(C)C(=O)OCc1ccccc1. The van der Waals surface area contributed by atoms with Gasteiger partial charge in [0.05, 0.1) is 0 Å². The summed E-state index contributed by atoms with van der Waals surface area (Å²) < 4.78 is 5.38. The van der Waals surface area contributed by atoms with Gasteiger partial charge in [0.2, 0.25) is 0 Å². The van der Waals surface area contributed by atoms with Crippen molar-refractivity contribution in [3.63, 3.8) is 0 Å². The predicted octanol–water partition coefficient (Wildman–Crippen LogP) is 3.52. The molecule has 1 fully saturated rings. The molecule has 1 aromatic rings. The average Bonchev–Trinajstić information content (AvgIpc) is 2.58. The van der Waals surface area contributed by atoms with Crippen LogP contribution in [0.1, 0.15) is 38.2 Å². The highest BCUT2D eigenvalue weighted by molar-refractivity contribution is 5.67. The third kappa shape index (κ3) is 5.34. The van der Waals surface area contributed by atoms with E-state index < -0.39 is 0 Å². The lowest BCUT2D eigenvalue weighted by Gasteiger charge is -2.30. The lowest BCUT2D eigenvalue weighted by molar-refractivity contribution is 0.0890. The van der Waals surface area contributed by atoms with Gasteiger partial charge in [-0.1, -0.05) is 36.8 Å². The molecule has 0 aliphatic carbocycles. The van der Waals surface area contributed by atoms with Crippen LogP contribution >= 0.6 is 0 Å². The Hall–Kier alpha value is -1.55. The zero-order valence-electron chi connectivity index (χ0n) is 13.8. The van der Waals surface area contributed by atoms with Gasteiger partial charge in [-0.3, -0.25) is 0 Å². The highest BCUT2D eigenvalue weighted by Gasteiger charge is 2.18. The minimum absolute atomic E-state index is 0.199. The Bertz CT molecular complexity index is 444. The van der Waals surface area contributed by atoms with Gasteiger partial charge in [-0.15, -0.1) is 0 Å². The summed E-state index contributed by atoms with van der Waals surface area (Å²) in [6.07, 6.45) is 4.73. The molecule has 1 heterocycles. The summed E-state index contributed by atoms with van der Waals surface area (Å²) in [5.74, 6) is 0. The van der Waals surface area contributed by atoms with E-state index in [1.807, 2.05) is 37.4 Å². The molecule has 1 unspecified atom stereocenters. The van der Waals surface area contributed by atoms with Crippen molar-refractivity contribution in [2.24, 2.45) is 0 Å². The summed E-state index contributed by atoms with van der Waals surface area (Å²) in [5, 5.41) is 0. The zero-order chi connectivity index (χ0) is 15.8. The van der Waals surface area contributed by atoms with Gasteiger partial charge in [-0.25, -0.2) is 4.79 Å². The second kappa shape index (κ2) is 8.79. The average molecular weight is 304 g/mol. The predicted molar refractivity (Wildman–Crippen MR) is 88.8 cm³/mol. The number of piperidine rings is 1. The molecular formula is C18H28N2O2. The Kier molecular flexibility index (Phi) is 6.72. The van der Waals surface area contributed by atoms with E-state index in [-0.39, 0.29) is 12.1 Å². The highest BCUT2D eigenvalue weighted by Crippen LogP contribution is 2.12. The van der Waals surface area contributed by atoms with Crippen LogP contribution in [0.25, 0.3) is 0 Å². The Morgan fingerprint density at radius 1 is 1.23 bits per heavy atom. The number of carbonyl (C=O) groups excluding carboxylic acids is 1. The normalized spacial score (nSPS) is 17.0. The number of rotatable bonds is 6. The monoisotopic (exact) mass is 304 g/mol. The molecule has 122 valence electrons. The molecule has 0 radical (unpaired) electrons. The number of benzene rings is 1. The summed E-state index contributed by atoms with van der Waals surface area (Å²) in [7, 11) is 1.83. The Morgan fingerprint density at radius 2 is 1.91 bits per heavy atom. The first-order valence-corrected chi connectivity index (χ1v) is 8.32. The van der Waals surface area contributed by atoms with E-state index in [0.717, 1.165) is 18.5 Å². The summed E-state index contributed by atoms with van der Waals surface area (Å²) in [6, 6.07) is 9.99. The fourth-order valence-electron chi connectivity index (χ4n) is 2.75. The van der Waals surface area contributed by atoms with Crippen LogP contribution in [0, 0.1) is 0 Å². The summed E-state index contributed by atoms with van der Waals surface area (Å²) in [5.41, 5.74) is 1.02. The fraction of sp³-hybridized carbons (Fsp3) is 0.611. The van der Waals surface area contributed by atoms with Crippen molar-refractivity contribution >= 4 is 6.09 Å². The van der Waals surface area contributed by atoms with E-state index in [4.69, 9.17) is 4.74 Å². The van der Waals surface area contributed by atoms with Crippen molar-refractivity contribution in [3.8, 4) is 0 Å². The molecule has 2 rings (SSSR count). The van der Waals surface area contributed by atoms with Crippen molar-refractivity contribution in [2.45, 2.75) is 45.3 Å². The minimum Gasteiger partial charge on any atom is -0.445 e. The van der Waals surface area contributed by atoms with E-state index in [2.05, 4.69) is 11.8 Å². The third-order valence-electron chi connectivity index (χ3n) is 4.47. The molecule has 1 aromatic carbocycles. The van der Waals surface area contributed by atoms with Crippen LogP contribution in [0.2, 0.25) is 0 Å². The number of hydrogen-bond acceptors (Lipinski definition) is 3. The molecule has 0 N–H and O–H groups in total. The molecule has 0 bridgehead atoms. The lowest BCUT2D eigenvalue weighted by atomic mass is 10.1. The fourth-order valence-corrected chi connectivity index (χ4v) is 2.75. The van der Waals surface area contributed by atoms with Crippen molar-refractivity contribution in [1.29, 1.82) is 0 Å². The molecule has 0 spiro atoms. The maximum Gasteiger partial charge on any atom is 0.410 e. The Balaban J connectivity index is 1.69. The van der Waals surface area contributed by atoms with E-state index in [0.29, 0.717) is 6.61 Å². The molecule has 1 aliphatic heterocycles. The van der Waals surface area contributed by atoms with E-state index in [1.165, 1.54) is 32.4 Å². The van der Waals surface area contributed by atoms with E-state index in [1.54, 1.807) is 4.90 Å². The smallest absolute Gasteiger partial charge is 0.410 e. The van der Waals surface area contributed by atoms with Crippen molar-refractivity contribution in [3.05, 3.63) is 35.9 Å². The summed E-state index contributed by atoms with van der Waals surface area (Å²) in [4.78, 5) is 16.3. The lowest BCUT2D eigenvalue weighted by Crippen LogP contribution is -2.39. The molecule has 1 amide bonds. The van der Waals surface area contributed by atoms with Crippen molar-refractivity contribution in [1.82, 2.24) is 9.80 Å². The van der Waals surface area contributed by atoms with Crippen molar-refractivity contribution < 1.29 is 9.53 Å². The van der Waals surface area contributed by atoms with Crippen LogP contribution < -0.4 is 0 Å². The van der Waals surface area contributed by atoms with Crippen molar-refractivity contribution in [2.75, 3.05) is 26.7 Å². The Labute approximate surface area is 134 Å². The molecule has 1 aliphatic rings. The van der Waals surface area contributed by atoms with Crippen LogP contribution in [0.5, 0.6) is 0 Å². The first-order valence-electron chi connectivity index (χ1n) is 8.32. The third-order valence-corrected chi connectivity index (χ3v) is 4.47. The number of hydrogen-bond donors (Lipinski definition) is 0. The van der Waals surface area contributed by atoms with Crippen LogP contribution in [-0.4, -0.2) is 48.6 Å². The standard InChI is InChI=1S/C18H28N2O2/c1-16(11-14-20-12-7-4-8-13-20)19(2)18(21)22-15-17-9-5-3-6-10-17/h3,5-6,9-10,16H,4,7-8,11-15H2,1-2H3. The zero-order valence-corrected chi connectivity index (χ0v) is 13.8. The minimum atomic E-state index is -0.241. The van der Waals surface area contributed by atoms with Gasteiger partial charge in [0.1, 0.15) is 6.61 Å². The van der Waals surface area contributed by atoms with Crippen LogP contribution in [0.4, 0.5) is 4.79 Å². The number of carbonyl (C=O) groups is 1. The Morgan fingerprint density at radius 3 is 2.59 bits per heavy atom. The van der Waals surface area contributed by atoms with Gasteiger partial charge in [-0.05, 0) is 44.8 Å². The molecular weight excluding hydrogens is 276 g/mol. The maximum absolute atomic E-state index is 12.1. The van der Waals surface area contributed by atoms with Gasteiger partial charge < -0.3 is 14.5 Å². The maximum atomic E-state index is 12.1. The second-order valence-corrected chi connectivity index (χ2v) is 6.19. The van der Waals surface area contributed by atoms with Gasteiger partial charge in [-0.2, -0.15) is 0 Å². The largest absolute Gasteiger partial charge is 0.445 e. The molecule has 1 atom stereocenters. The second-order valence-electron chi connectivity index (χ2n) is 6.19. The molecule has 0 saturated carbocycles. The molecule has 22 heavy (non-hydrogen) atoms. The number of likely N-dealkylation sites (tertiary alicyclic amines) is 1. The van der Waals surface area contributed by atoms with E-state index in [9.17, 15) is 4.79 Å². The van der Waals surface area contributed by atoms with Gasteiger partial charge in [0.25, 0.3) is 0 Å². The molecule has 1 saturated heterocycles. The first-order chi connectivity index (χ1) is 10.7. The molecule has 4 nitrogen and oxygen atoms in total. The first kappa shape index (κ1) is 16.8. The number of amides is 1. The van der Waals surface area contributed by atoms with Gasteiger partial charge in [0.15, 0.2) is 0 Å². The van der Waals surface area contributed by atoms with Crippen LogP contribution in [0.3, 0.4) is 0 Å². The van der Waals surface area contributed by atoms with Gasteiger partial charge in [0, 0.05) is 19.6 Å². The summed E-state index contributed by atoms with van der Waals surface area (Å²) in [6.45, 7) is 5.90. The van der Waals surface area contributed by atoms with Crippen LogP contribution in [-0.2, 0) is 11.3 Å². The van der Waals surface area contributed by atoms with E-state index >= 15 is 0 Å². The molecule has 4 heteroatoms. The summed E-state index contributed by atoms with van der Waals surface area (Å²) >= 11 is 0. The topological polar surface area (TPSA) is 32.8 Å². The van der Waals surface area contributed by atoms with Crippen LogP contribution in [0.15, 0.2) is 30.3 Å². The highest BCUT2D eigenvalue weighted by atomic mass is 16.6. The number of ether oxygens (including phenoxy) is 1. The van der Waals surface area contributed by atoms with Gasteiger partial charge >= 0.3 is 6.09 Å². The quantitative estimate of drug-likeness (QED) is 0.806.